The third-order valence-corrected chi connectivity index (χ3v) is 10.5. The summed E-state index contributed by atoms with van der Waals surface area (Å²) >= 11 is 7.73. The van der Waals surface area contributed by atoms with Crippen LogP contribution in [0.4, 0.5) is 0 Å². The van der Waals surface area contributed by atoms with Gasteiger partial charge in [0.2, 0.25) is 8.11 Å². The summed E-state index contributed by atoms with van der Waals surface area (Å²) in [7, 11) is -1.93. The van der Waals surface area contributed by atoms with Gasteiger partial charge in [-0.25, -0.2) is 0 Å². The van der Waals surface area contributed by atoms with Gasteiger partial charge in [-0.1, -0.05) is 107 Å². The zero-order chi connectivity index (χ0) is 24.5. The molecule has 0 heterocycles. The van der Waals surface area contributed by atoms with E-state index in [0.29, 0.717) is 35.5 Å². The summed E-state index contributed by atoms with van der Waals surface area (Å²) in [5, 5.41) is 2.98. The van der Waals surface area contributed by atoms with E-state index < -0.39 is 8.11 Å². The highest BCUT2D eigenvalue weighted by Crippen LogP contribution is 2.30. The quantitative estimate of drug-likeness (QED) is 0.268. The summed E-state index contributed by atoms with van der Waals surface area (Å²) in [5.41, 5.74) is 8.80. The standard InChI is InChI=1S/C30H47ClSi/c1-17(2)23-13-25(19(5)6)29(26(14-23)20(7)8)32(31)30-27(21(9)10)15-24(18(3)4)16-28(30)22(11)12/h13-22,32H,1-12H3. The molecule has 0 unspecified atom stereocenters. The third-order valence-electron chi connectivity index (χ3n) is 6.86. The van der Waals surface area contributed by atoms with Crippen molar-refractivity contribution in [2.24, 2.45) is 0 Å². The van der Waals surface area contributed by atoms with Crippen LogP contribution >= 0.6 is 11.1 Å². The van der Waals surface area contributed by atoms with Crippen LogP contribution in [0.3, 0.4) is 0 Å². The molecule has 0 amide bonds. The van der Waals surface area contributed by atoms with Crippen molar-refractivity contribution in [3.05, 3.63) is 57.6 Å². The molecule has 0 spiro atoms. The van der Waals surface area contributed by atoms with E-state index in [1.807, 2.05) is 0 Å². The molecule has 0 saturated carbocycles. The lowest BCUT2D eigenvalue weighted by atomic mass is 9.89. The Labute approximate surface area is 205 Å². The smallest absolute Gasteiger partial charge is 0.159 e. The molecule has 178 valence electrons. The molecule has 0 bridgehead atoms. The molecule has 0 radical (unpaired) electrons. The summed E-state index contributed by atoms with van der Waals surface area (Å²) in [6.45, 7) is 27.9. The van der Waals surface area contributed by atoms with E-state index in [1.54, 1.807) is 0 Å². The molecule has 2 aromatic rings. The van der Waals surface area contributed by atoms with Crippen molar-refractivity contribution < 1.29 is 0 Å². The third kappa shape index (κ3) is 5.71. The van der Waals surface area contributed by atoms with E-state index in [2.05, 4.69) is 107 Å². The summed E-state index contributed by atoms with van der Waals surface area (Å²) in [5.74, 6) is 2.92. The Morgan fingerprint density at radius 3 is 0.812 bits per heavy atom. The lowest BCUT2D eigenvalue weighted by Crippen LogP contribution is -2.46. The average molecular weight is 471 g/mol. The molecule has 0 saturated heterocycles. The van der Waals surface area contributed by atoms with Crippen molar-refractivity contribution in [2.75, 3.05) is 0 Å². The van der Waals surface area contributed by atoms with Gasteiger partial charge >= 0.3 is 0 Å². The van der Waals surface area contributed by atoms with Crippen LogP contribution in [0.15, 0.2) is 24.3 Å². The van der Waals surface area contributed by atoms with Gasteiger partial charge in [0.25, 0.3) is 0 Å². The zero-order valence-electron chi connectivity index (χ0n) is 22.7. The van der Waals surface area contributed by atoms with Crippen LogP contribution < -0.4 is 10.4 Å². The van der Waals surface area contributed by atoms with Crippen molar-refractivity contribution in [1.29, 1.82) is 0 Å². The molecular weight excluding hydrogens is 424 g/mol. The second-order valence-electron chi connectivity index (χ2n) is 11.5. The van der Waals surface area contributed by atoms with Crippen LogP contribution in [-0.2, 0) is 0 Å². The fraction of sp³-hybridized carbons (Fsp3) is 0.600. The zero-order valence-corrected chi connectivity index (χ0v) is 24.6. The van der Waals surface area contributed by atoms with Crippen molar-refractivity contribution in [3.63, 3.8) is 0 Å². The molecule has 0 aromatic heterocycles. The molecular formula is C30H47ClSi. The van der Waals surface area contributed by atoms with Crippen LogP contribution in [0.5, 0.6) is 0 Å². The Balaban J connectivity index is 2.94. The first-order chi connectivity index (χ1) is 14.8. The van der Waals surface area contributed by atoms with E-state index in [4.69, 9.17) is 11.1 Å². The van der Waals surface area contributed by atoms with E-state index in [0.717, 1.165) is 0 Å². The van der Waals surface area contributed by atoms with E-state index >= 15 is 0 Å². The maximum atomic E-state index is 7.73. The lowest BCUT2D eigenvalue weighted by molar-refractivity contribution is 0.810. The van der Waals surface area contributed by atoms with Gasteiger partial charge in [0.1, 0.15) is 0 Å². The van der Waals surface area contributed by atoms with Crippen molar-refractivity contribution in [3.8, 4) is 0 Å². The van der Waals surface area contributed by atoms with Crippen LogP contribution in [-0.4, -0.2) is 8.11 Å². The summed E-state index contributed by atoms with van der Waals surface area (Å²) in [4.78, 5) is 0. The molecule has 2 aromatic carbocycles. The highest BCUT2D eigenvalue weighted by atomic mass is 35.6. The summed E-state index contributed by atoms with van der Waals surface area (Å²) in [6, 6.07) is 9.86. The van der Waals surface area contributed by atoms with Crippen molar-refractivity contribution in [1.82, 2.24) is 0 Å². The maximum absolute atomic E-state index is 7.73. The topological polar surface area (TPSA) is 0 Å². The van der Waals surface area contributed by atoms with E-state index in [-0.39, 0.29) is 0 Å². The first-order valence-electron chi connectivity index (χ1n) is 12.8. The van der Waals surface area contributed by atoms with Crippen LogP contribution in [0.2, 0.25) is 0 Å². The van der Waals surface area contributed by atoms with Gasteiger partial charge in [0.15, 0.2) is 0 Å². The van der Waals surface area contributed by atoms with Gasteiger partial charge in [-0.05, 0) is 79.3 Å². The predicted molar refractivity (Wildman–Crippen MR) is 150 cm³/mol. The minimum Gasteiger partial charge on any atom is -0.159 e. The van der Waals surface area contributed by atoms with E-state index in [1.165, 1.54) is 43.8 Å². The maximum Gasteiger partial charge on any atom is 0.203 e. The predicted octanol–water partition coefficient (Wildman–Crippen LogP) is 8.50. The first-order valence-corrected chi connectivity index (χ1v) is 15.7. The molecule has 32 heavy (non-hydrogen) atoms. The van der Waals surface area contributed by atoms with Crippen LogP contribution in [0, 0.1) is 0 Å². The summed E-state index contributed by atoms with van der Waals surface area (Å²) in [6.07, 6.45) is 0. The molecule has 2 rings (SSSR count). The average Bonchev–Trinajstić information content (AvgIpc) is 2.70. The SMILES string of the molecule is CC(C)c1cc(C(C)C)c([SiH](Cl)c2c(C(C)C)cc(C(C)C)cc2C(C)C)c(C(C)C)c1. The lowest BCUT2D eigenvalue weighted by Gasteiger charge is -2.30. The largest absolute Gasteiger partial charge is 0.203 e. The van der Waals surface area contributed by atoms with Gasteiger partial charge < -0.3 is 0 Å². The fourth-order valence-electron chi connectivity index (χ4n) is 4.75. The minimum atomic E-state index is -1.93. The Hall–Kier alpha value is -1.05. The molecule has 0 aliphatic rings. The number of rotatable bonds is 8. The molecule has 0 nitrogen and oxygen atoms in total. The monoisotopic (exact) mass is 470 g/mol. The molecule has 0 fully saturated rings. The van der Waals surface area contributed by atoms with Crippen molar-refractivity contribution >= 4 is 29.6 Å². The second-order valence-corrected chi connectivity index (χ2v) is 14.7. The van der Waals surface area contributed by atoms with E-state index in [9.17, 15) is 0 Å². The number of benzene rings is 2. The van der Waals surface area contributed by atoms with Crippen LogP contribution in [0.1, 0.15) is 152 Å². The normalized spacial score (nSPS) is 12.6. The molecule has 0 aliphatic heterocycles. The number of hydrogen-bond acceptors (Lipinski definition) is 0. The molecule has 0 aliphatic carbocycles. The Morgan fingerprint density at radius 1 is 0.438 bits per heavy atom. The van der Waals surface area contributed by atoms with Gasteiger partial charge in [-0.15, -0.1) is 0 Å². The highest BCUT2D eigenvalue weighted by molar-refractivity contribution is 7.22. The van der Waals surface area contributed by atoms with Gasteiger partial charge in [0, 0.05) is 0 Å². The molecule has 2 heteroatoms. The van der Waals surface area contributed by atoms with Gasteiger partial charge in [-0.2, -0.15) is 11.1 Å². The second kappa shape index (κ2) is 10.9. The molecule has 0 atom stereocenters. The Morgan fingerprint density at radius 2 is 0.656 bits per heavy atom. The fourth-order valence-corrected chi connectivity index (χ4v) is 9.39. The Kier molecular flexibility index (Phi) is 9.28. The van der Waals surface area contributed by atoms with Gasteiger partial charge in [0.05, 0.1) is 0 Å². The minimum absolute atomic E-state index is 0.467. The number of halogens is 1. The van der Waals surface area contributed by atoms with Crippen molar-refractivity contribution in [2.45, 2.75) is 119 Å². The molecule has 0 N–H and O–H groups in total. The van der Waals surface area contributed by atoms with Gasteiger partial charge in [-0.3, -0.25) is 0 Å². The first kappa shape index (κ1) is 27.2. The highest BCUT2D eigenvalue weighted by Gasteiger charge is 2.30. The Bertz CT molecular complexity index is 785. The number of hydrogen-bond donors (Lipinski definition) is 0. The summed E-state index contributed by atoms with van der Waals surface area (Å²) < 4.78 is 0. The van der Waals surface area contributed by atoms with Crippen LogP contribution in [0.25, 0.3) is 0 Å².